The van der Waals surface area contributed by atoms with Gasteiger partial charge in [-0.25, -0.2) is 0 Å². The normalized spacial score (nSPS) is 23.2. The van der Waals surface area contributed by atoms with Crippen LogP contribution in [0.4, 0.5) is 0 Å². The van der Waals surface area contributed by atoms with Crippen LogP contribution in [0.2, 0.25) is 0 Å². The number of likely N-dealkylation sites (tertiary alicyclic amines) is 1. The number of nitrogens with zero attached hydrogens (tertiary/aromatic N) is 4. The van der Waals surface area contributed by atoms with E-state index in [2.05, 4.69) is 20.9 Å². The highest BCUT2D eigenvalue weighted by Gasteiger charge is 2.39. The third kappa shape index (κ3) is 3.69. The average Bonchev–Trinajstić information content (AvgIpc) is 2.70. The number of fused-ring (bicyclic) bond motifs is 4. The highest BCUT2D eigenvalue weighted by Crippen LogP contribution is 2.37. The van der Waals surface area contributed by atoms with Crippen molar-refractivity contribution in [1.29, 1.82) is 0 Å². The standard InChI is InChI=1S/C24H30N4O2/c1-26(12-17-7-9-25-10-8-17)15-20-5-6-22-21-11-18(14-28(22)24(20)30)13-27(16-21)23(29)19-3-2-4-19/h5-10,18-19,21H,2-4,11-16H2,1H3/t18-,21+/m0/s1. The molecule has 1 amide bonds. The Bertz CT molecular complexity index is 982. The number of amides is 1. The van der Waals surface area contributed by atoms with Gasteiger partial charge in [0.1, 0.15) is 0 Å². The van der Waals surface area contributed by atoms with Crippen molar-refractivity contribution in [2.45, 2.75) is 51.2 Å². The van der Waals surface area contributed by atoms with Crippen LogP contribution in [0.5, 0.6) is 0 Å². The third-order valence-electron chi connectivity index (χ3n) is 7.09. The van der Waals surface area contributed by atoms with Crippen LogP contribution < -0.4 is 5.56 Å². The zero-order valence-electron chi connectivity index (χ0n) is 17.7. The van der Waals surface area contributed by atoms with Gasteiger partial charge in [0.05, 0.1) is 0 Å². The second-order valence-electron chi connectivity index (χ2n) is 9.40. The Hall–Kier alpha value is -2.47. The Morgan fingerprint density at radius 3 is 2.63 bits per heavy atom. The summed E-state index contributed by atoms with van der Waals surface area (Å²) in [7, 11) is 2.04. The van der Waals surface area contributed by atoms with Crippen molar-refractivity contribution in [2.75, 3.05) is 20.1 Å². The minimum absolute atomic E-state index is 0.141. The van der Waals surface area contributed by atoms with Gasteiger partial charge in [-0.2, -0.15) is 0 Å². The van der Waals surface area contributed by atoms with Crippen LogP contribution in [0.1, 0.15) is 48.4 Å². The summed E-state index contributed by atoms with van der Waals surface area (Å²) in [5.41, 5.74) is 3.29. The van der Waals surface area contributed by atoms with Crippen LogP contribution in [-0.2, 0) is 24.4 Å². The summed E-state index contributed by atoms with van der Waals surface area (Å²) in [6.07, 6.45) is 7.99. The molecular weight excluding hydrogens is 376 g/mol. The number of piperidine rings is 1. The molecule has 2 aliphatic heterocycles. The van der Waals surface area contributed by atoms with Gasteiger partial charge >= 0.3 is 0 Å². The highest BCUT2D eigenvalue weighted by atomic mass is 16.2. The van der Waals surface area contributed by atoms with Gasteiger partial charge in [-0.3, -0.25) is 19.5 Å². The van der Waals surface area contributed by atoms with Crippen LogP contribution in [0.25, 0.3) is 0 Å². The van der Waals surface area contributed by atoms with Gasteiger partial charge in [-0.05, 0) is 56.0 Å². The Morgan fingerprint density at radius 1 is 1.10 bits per heavy atom. The van der Waals surface area contributed by atoms with Gasteiger partial charge in [0.2, 0.25) is 5.91 Å². The van der Waals surface area contributed by atoms with Gasteiger partial charge in [0.25, 0.3) is 5.56 Å². The van der Waals surface area contributed by atoms with E-state index in [9.17, 15) is 9.59 Å². The maximum Gasteiger partial charge on any atom is 0.255 e. The van der Waals surface area contributed by atoms with E-state index < -0.39 is 0 Å². The van der Waals surface area contributed by atoms with Crippen LogP contribution in [-0.4, -0.2) is 45.4 Å². The summed E-state index contributed by atoms with van der Waals surface area (Å²) in [4.78, 5) is 34.3. The van der Waals surface area contributed by atoms with Crippen molar-refractivity contribution in [3.8, 4) is 0 Å². The summed E-state index contributed by atoms with van der Waals surface area (Å²) in [5.74, 6) is 1.28. The molecule has 5 rings (SSSR count). The zero-order valence-corrected chi connectivity index (χ0v) is 17.7. The summed E-state index contributed by atoms with van der Waals surface area (Å²) >= 11 is 0. The predicted molar refractivity (Wildman–Crippen MR) is 115 cm³/mol. The van der Waals surface area contributed by atoms with Gasteiger partial charge < -0.3 is 9.47 Å². The lowest BCUT2D eigenvalue weighted by Gasteiger charge is -2.44. The van der Waals surface area contributed by atoms with Crippen molar-refractivity contribution in [2.24, 2.45) is 11.8 Å². The van der Waals surface area contributed by atoms with E-state index >= 15 is 0 Å². The Kier molecular flexibility index (Phi) is 5.19. The SMILES string of the molecule is CN(Cc1ccncc1)Cc1ccc2n(c1=O)C[C@H]1C[C@@H]2CN(C(=O)C2CCC2)C1. The van der Waals surface area contributed by atoms with Gasteiger partial charge in [-0.15, -0.1) is 0 Å². The molecule has 3 aliphatic rings. The number of hydrogen-bond acceptors (Lipinski definition) is 4. The average molecular weight is 407 g/mol. The summed E-state index contributed by atoms with van der Waals surface area (Å²) < 4.78 is 2.00. The molecule has 6 heteroatoms. The molecule has 2 fully saturated rings. The molecule has 0 aromatic carbocycles. The molecule has 0 radical (unpaired) electrons. The zero-order chi connectivity index (χ0) is 20.7. The highest BCUT2D eigenvalue weighted by molar-refractivity contribution is 5.79. The first kappa shape index (κ1) is 19.5. The second kappa shape index (κ2) is 7.99. The molecule has 2 atom stereocenters. The van der Waals surface area contributed by atoms with Crippen molar-refractivity contribution in [1.82, 2.24) is 19.4 Å². The van der Waals surface area contributed by atoms with Crippen LogP contribution in [0, 0.1) is 11.8 Å². The maximum absolute atomic E-state index is 13.3. The quantitative estimate of drug-likeness (QED) is 0.766. The van der Waals surface area contributed by atoms with Crippen molar-refractivity contribution < 1.29 is 4.79 Å². The Balaban J connectivity index is 1.32. The molecule has 0 unspecified atom stereocenters. The number of rotatable bonds is 5. The minimum atomic E-state index is 0.141. The van der Waals surface area contributed by atoms with Gasteiger partial charge in [-0.1, -0.05) is 12.5 Å². The first-order valence-electron chi connectivity index (χ1n) is 11.2. The molecule has 2 bridgehead atoms. The molecule has 6 nitrogen and oxygen atoms in total. The molecule has 0 spiro atoms. The lowest BCUT2D eigenvalue weighted by molar-refractivity contribution is -0.141. The Morgan fingerprint density at radius 2 is 1.90 bits per heavy atom. The minimum Gasteiger partial charge on any atom is -0.341 e. The van der Waals surface area contributed by atoms with E-state index in [-0.39, 0.29) is 17.4 Å². The van der Waals surface area contributed by atoms with E-state index in [0.29, 0.717) is 18.4 Å². The largest absolute Gasteiger partial charge is 0.341 e. The van der Waals surface area contributed by atoms with E-state index in [1.165, 1.54) is 12.0 Å². The fourth-order valence-corrected chi connectivity index (χ4v) is 5.35. The van der Waals surface area contributed by atoms with Crippen LogP contribution >= 0.6 is 0 Å². The summed E-state index contributed by atoms with van der Waals surface area (Å²) in [5, 5.41) is 0. The van der Waals surface area contributed by atoms with Crippen molar-refractivity contribution in [3.05, 3.63) is 63.8 Å². The maximum atomic E-state index is 13.3. The molecule has 158 valence electrons. The monoisotopic (exact) mass is 406 g/mol. The van der Waals surface area contributed by atoms with E-state index in [1.807, 2.05) is 29.8 Å². The topological polar surface area (TPSA) is 58.4 Å². The van der Waals surface area contributed by atoms with Crippen LogP contribution in [0.3, 0.4) is 0 Å². The number of pyridine rings is 2. The second-order valence-corrected chi connectivity index (χ2v) is 9.40. The molecule has 1 aliphatic carbocycles. The fraction of sp³-hybridized carbons (Fsp3) is 0.542. The van der Waals surface area contributed by atoms with Crippen molar-refractivity contribution >= 4 is 5.91 Å². The number of carbonyl (C=O) groups is 1. The summed E-state index contributed by atoms with van der Waals surface area (Å²) in [6.45, 7) is 3.73. The van der Waals surface area contributed by atoms with E-state index in [4.69, 9.17) is 0 Å². The first-order valence-corrected chi connectivity index (χ1v) is 11.2. The molecule has 30 heavy (non-hydrogen) atoms. The molecule has 4 heterocycles. The number of hydrogen-bond donors (Lipinski definition) is 0. The summed E-state index contributed by atoms with van der Waals surface area (Å²) in [6, 6.07) is 8.15. The molecular formula is C24H30N4O2. The lowest BCUT2D eigenvalue weighted by Crippen LogP contribution is -2.51. The third-order valence-corrected chi connectivity index (χ3v) is 7.09. The van der Waals surface area contributed by atoms with Gasteiger partial charge in [0.15, 0.2) is 0 Å². The van der Waals surface area contributed by atoms with E-state index in [0.717, 1.165) is 56.7 Å². The molecule has 1 saturated carbocycles. The number of aromatic nitrogens is 2. The predicted octanol–water partition coefficient (Wildman–Crippen LogP) is 2.62. The fourth-order valence-electron chi connectivity index (χ4n) is 5.35. The van der Waals surface area contributed by atoms with Crippen molar-refractivity contribution in [3.63, 3.8) is 0 Å². The molecule has 2 aromatic rings. The van der Waals surface area contributed by atoms with E-state index in [1.54, 1.807) is 12.4 Å². The molecule has 1 saturated heterocycles. The van der Waals surface area contributed by atoms with Crippen LogP contribution in [0.15, 0.2) is 41.5 Å². The molecule has 2 aromatic heterocycles. The lowest BCUT2D eigenvalue weighted by atomic mass is 9.80. The number of carbonyl (C=O) groups excluding carboxylic acids is 1. The molecule has 0 N–H and O–H groups in total. The Labute approximate surface area is 177 Å². The first-order chi connectivity index (χ1) is 14.6. The smallest absolute Gasteiger partial charge is 0.255 e. The van der Waals surface area contributed by atoms with Gasteiger partial charge in [0, 0.05) is 68.2 Å².